The monoisotopic (exact) mass is 316 g/mol. The zero-order valence-electron chi connectivity index (χ0n) is 7.95. The van der Waals surface area contributed by atoms with Crippen molar-refractivity contribution >= 4 is 26.0 Å². The molecule has 0 aromatic carbocycles. The van der Waals surface area contributed by atoms with Crippen LogP contribution >= 0.6 is 15.9 Å². The second-order valence-corrected chi connectivity index (χ2v) is 4.95. The van der Waals surface area contributed by atoms with Crippen molar-refractivity contribution in [2.75, 3.05) is 7.11 Å². The quantitative estimate of drug-likeness (QED) is 0.855. The summed E-state index contributed by atoms with van der Waals surface area (Å²) in [6, 6.07) is 0.876. The van der Waals surface area contributed by atoms with Crippen LogP contribution in [0.3, 0.4) is 0 Å². The maximum atomic E-state index is 12.5. The number of sulfonamides is 1. The Hall–Kier alpha value is -0.800. The van der Waals surface area contributed by atoms with Gasteiger partial charge in [0.05, 0.1) is 12.7 Å². The normalized spacial score (nSPS) is 11.9. The van der Waals surface area contributed by atoms with Crippen LogP contribution in [0.2, 0.25) is 0 Å². The number of primary sulfonamides is 1. The molecule has 0 saturated heterocycles. The van der Waals surface area contributed by atoms with Gasteiger partial charge in [-0.15, -0.1) is 0 Å². The molecule has 0 unspecified atom stereocenters. The highest BCUT2D eigenvalue weighted by molar-refractivity contribution is 9.10. The third kappa shape index (κ3) is 2.66. The minimum atomic E-state index is -4.12. The van der Waals surface area contributed by atoms with Gasteiger partial charge in [-0.05, 0) is 22.0 Å². The maximum Gasteiger partial charge on any atom is 0.266 e. The van der Waals surface area contributed by atoms with Crippen LogP contribution in [-0.4, -0.2) is 20.5 Å². The molecule has 1 rings (SSSR count). The topological polar surface area (TPSA) is 82.3 Å². The summed E-state index contributed by atoms with van der Waals surface area (Å²) in [7, 11) is -2.99. The van der Waals surface area contributed by atoms with E-state index in [9.17, 15) is 17.2 Å². The van der Waals surface area contributed by atoms with Gasteiger partial charge in [-0.1, -0.05) is 0 Å². The van der Waals surface area contributed by atoms with E-state index in [2.05, 4.69) is 25.7 Å². The minimum Gasteiger partial charge on any atom is -0.494 e. The molecule has 0 spiro atoms. The Morgan fingerprint density at radius 2 is 2.12 bits per heavy atom. The van der Waals surface area contributed by atoms with E-state index in [0.29, 0.717) is 0 Å². The molecular formula is C7H7BrF2N2O3S. The molecule has 0 saturated carbocycles. The number of halogens is 3. The van der Waals surface area contributed by atoms with Gasteiger partial charge in [0.15, 0.2) is 5.75 Å². The Labute approximate surface area is 98.8 Å². The molecule has 5 nitrogen and oxygen atoms in total. The van der Waals surface area contributed by atoms with Gasteiger partial charge >= 0.3 is 0 Å². The summed E-state index contributed by atoms with van der Waals surface area (Å²) in [5.41, 5.74) is -0.468. The molecule has 0 aliphatic heterocycles. The van der Waals surface area contributed by atoms with E-state index in [4.69, 9.17) is 5.14 Å². The molecule has 1 heterocycles. The first kappa shape index (κ1) is 13.3. The van der Waals surface area contributed by atoms with Crippen molar-refractivity contribution in [3.63, 3.8) is 0 Å². The lowest BCUT2D eigenvalue weighted by molar-refractivity contribution is 0.149. The van der Waals surface area contributed by atoms with E-state index in [0.717, 1.165) is 13.2 Å². The van der Waals surface area contributed by atoms with Crippen LogP contribution in [0, 0.1) is 0 Å². The number of ether oxygens (including phenoxy) is 1. The van der Waals surface area contributed by atoms with E-state index in [1.165, 1.54) is 0 Å². The maximum absolute atomic E-state index is 12.5. The van der Waals surface area contributed by atoms with E-state index < -0.39 is 27.0 Å². The summed E-state index contributed by atoms with van der Waals surface area (Å²) in [5, 5.41) is 4.26. The summed E-state index contributed by atoms with van der Waals surface area (Å²) in [6.07, 6.45) is -2.80. The fourth-order valence-electron chi connectivity index (χ4n) is 0.974. The highest BCUT2D eigenvalue weighted by atomic mass is 79.9. The van der Waals surface area contributed by atoms with Crippen molar-refractivity contribution in [2.24, 2.45) is 5.14 Å². The van der Waals surface area contributed by atoms with E-state index in [1.54, 1.807) is 0 Å². The average molecular weight is 317 g/mol. The number of methoxy groups -OCH3 is 1. The largest absolute Gasteiger partial charge is 0.494 e. The van der Waals surface area contributed by atoms with Crippen LogP contribution < -0.4 is 9.88 Å². The number of nitrogens with two attached hydrogens (primary N) is 1. The number of pyridine rings is 1. The molecule has 0 bridgehead atoms. The molecule has 0 amide bonds. The third-order valence-electron chi connectivity index (χ3n) is 1.66. The molecule has 0 aliphatic rings. The first-order chi connectivity index (χ1) is 7.27. The van der Waals surface area contributed by atoms with Gasteiger partial charge in [0.1, 0.15) is 4.60 Å². The van der Waals surface area contributed by atoms with Crippen LogP contribution in [0.5, 0.6) is 5.75 Å². The number of aromatic nitrogens is 1. The molecule has 90 valence electrons. The van der Waals surface area contributed by atoms with Gasteiger partial charge < -0.3 is 4.74 Å². The van der Waals surface area contributed by atoms with E-state index >= 15 is 0 Å². The molecule has 9 heteroatoms. The van der Waals surface area contributed by atoms with Gasteiger partial charge in [0, 0.05) is 0 Å². The summed E-state index contributed by atoms with van der Waals surface area (Å²) in [6.45, 7) is 0. The highest BCUT2D eigenvalue weighted by Gasteiger charge is 2.23. The van der Waals surface area contributed by atoms with Crippen molar-refractivity contribution in [1.82, 2.24) is 4.98 Å². The van der Waals surface area contributed by atoms with Gasteiger partial charge in [0.2, 0.25) is 5.03 Å². The molecule has 2 N–H and O–H groups in total. The summed E-state index contributed by atoms with van der Waals surface area (Å²) in [4.78, 5) is 3.44. The lowest BCUT2D eigenvalue weighted by atomic mass is 10.3. The average Bonchev–Trinajstić information content (AvgIpc) is 2.15. The summed E-state index contributed by atoms with van der Waals surface area (Å²) >= 11 is 2.74. The molecule has 1 aromatic rings. The minimum absolute atomic E-state index is 0.285. The molecule has 0 aliphatic carbocycles. The standard InChI is InChI=1S/C7H7BrF2N2O3S/c1-15-4-2-3(6(9)10)5(8)12-7(4)16(11,13)14/h2,6H,1H3,(H2,11,13,14). The van der Waals surface area contributed by atoms with Gasteiger partial charge in [-0.25, -0.2) is 27.3 Å². The second-order valence-electron chi connectivity index (χ2n) is 2.72. The van der Waals surface area contributed by atoms with Crippen molar-refractivity contribution in [3.05, 3.63) is 16.2 Å². The van der Waals surface area contributed by atoms with E-state index in [-0.39, 0.29) is 10.4 Å². The zero-order chi connectivity index (χ0) is 12.5. The first-order valence-electron chi connectivity index (χ1n) is 3.82. The molecule has 1 aromatic heterocycles. The van der Waals surface area contributed by atoms with Crippen LogP contribution in [0.4, 0.5) is 8.78 Å². The molecular weight excluding hydrogens is 310 g/mol. The predicted octanol–water partition coefficient (Wildman–Crippen LogP) is 1.44. The number of hydrogen-bond donors (Lipinski definition) is 1. The summed E-state index contributed by atoms with van der Waals surface area (Å²) < 4.78 is 51.4. The van der Waals surface area contributed by atoms with Crippen molar-refractivity contribution < 1.29 is 21.9 Å². The smallest absolute Gasteiger partial charge is 0.266 e. The second kappa shape index (κ2) is 4.60. The van der Waals surface area contributed by atoms with E-state index in [1.807, 2.05) is 0 Å². The molecule has 0 fully saturated rings. The molecule has 16 heavy (non-hydrogen) atoms. The summed E-state index contributed by atoms with van der Waals surface area (Å²) in [5.74, 6) is -0.319. The zero-order valence-corrected chi connectivity index (χ0v) is 10.3. The van der Waals surface area contributed by atoms with Crippen molar-refractivity contribution in [1.29, 1.82) is 0 Å². The third-order valence-corrected chi connectivity index (χ3v) is 3.13. The Kier molecular flexibility index (Phi) is 3.81. The van der Waals surface area contributed by atoms with Crippen molar-refractivity contribution in [3.8, 4) is 5.75 Å². The first-order valence-corrected chi connectivity index (χ1v) is 6.16. The van der Waals surface area contributed by atoms with Gasteiger partial charge in [0.25, 0.3) is 16.4 Å². The highest BCUT2D eigenvalue weighted by Crippen LogP contribution is 2.32. The Balaban J connectivity index is 3.51. The number of rotatable bonds is 3. The lowest BCUT2D eigenvalue weighted by Crippen LogP contribution is -2.16. The number of alkyl halides is 2. The Bertz CT molecular complexity index is 507. The number of hydrogen-bond acceptors (Lipinski definition) is 4. The van der Waals surface area contributed by atoms with Gasteiger partial charge in [-0.3, -0.25) is 0 Å². The molecule has 0 radical (unpaired) electrons. The van der Waals surface area contributed by atoms with Crippen LogP contribution in [0.1, 0.15) is 12.0 Å². The van der Waals surface area contributed by atoms with Gasteiger partial charge in [-0.2, -0.15) is 0 Å². The Morgan fingerprint density at radius 1 is 1.56 bits per heavy atom. The van der Waals surface area contributed by atoms with Crippen LogP contribution in [0.25, 0.3) is 0 Å². The van der Waals surface area contributed by atoms with Crippen molar-refractivity contribution in [2.45, 2.75) is 11.5 Å². The fraction of sp³-hybridized carbons (Fsp3) is 0.286. The predicted molar refractivity (Wildman–Crippen MR) is 54.8 cm³/mol. The fourth-order valence-corrected chi connectivity index (χ4v) is 2.20. The Morgan fingerprint density at radius 3 is 2.50 bits per heavy atom. The lowest BCUT2D eigenvalue weighted by Gasteiger charge is -2.09. The van der Waals surface area contributed by atoms with Crippen LogP contribution in [-0.2, 0) is 10.0 Å². The van der Waals surface area contributed by atoms with Crippen LogP contribution in [0.15, 0.2) is 15.7 Å². The number of nitrogens with zero attached hydrogens (tertiary/aromatic N) is 1. The molecule has 0 atom stereocenters. The SMILES string of the molecule is COc1cc(C(F)F)c(Br)nc1S(N)(=O)=O.